The molecule has 2 N–H and O–H groups in total. The Hall–Kier alpha value is -5.24. The minimum Gasteiger partial charge on any atom is -0.481 e. The predicted octanol–water partition coefficient (Wildman–Crippen LogP) is 6.69. The van der Waals surface area contributed by atoms with Gasteiger partial charge in [-0.05, 0) is 59.1 Å². The normalized spacial score (nSPS) is 18.1. The van der Waals surface area contributed by atoms with Crippen LogP contribution in [-0.2, 0) is 45.1 Å². The minimum atomic E-state index is -1.43. The van der Waals surface area contributed by atoms with Crippen molar-refractivity contribution in [3.63, 3.8) is 0 Å². The lowest BCUT2D eigenvalue weighted by molar-refractivity contribution is -0.187. The fourth-order valence-electron chi connectivity index (χ4n) is 7.10. The van der Waals surface area contributed by atoms with Gasteiger partial charge < -0.3 is 20.0 Å². The van der Waals surface area contributed by atoms with Gasteiger partial charge in [-0.3, -0.25) is 19.2 Å². The van der Waals surface area contributed by atoms with Gasteiger partial charge >= 0.3 is 11.9 Å². The first-order valence-electron chi connectivity index (χ1n) is 17.5. The number of amides is 2. The molecular formula is C42H46N2O6. The van der Waals surface area contributed by atoms with Gasteiger partial charge in [0.05, 0.1) is 23.7 Å². The fraction of sp³-hybridized carbons (Fsp3) is 0.333. The fourth-order valence-corrected chi connectivity index (χ4v) is 7.10. The van der Waals surface area contributed by atoms with E-state index in [2.05, 4.69) is 24.3 Å². The molecule has 4 aromatic carbocycles. The number of rotatable bonds is 16. The molecule has 8 heteroatoms. The van der Waals surface area contributed by atoms with Gasteiger partial charge in [-0.25, -0.2) is 0 Å². The minimum absolute atomic E-state index is 0.217. The third-order valence-corrected chi connectivity index (χ3v) is 9.59. The van der Waals surface area contributed by atoms with Crippen LogP contribution in [0, 0.1) is 23.7 Å². The van der Waals surface area contributed by atoms with Crippen LogP contribution in [0.3, 0.4) is 0 Å². The van der Waals surface area contributed by atoms with E-state index in [9.17, 15) is 29.4 Å². The largest absolute Gasteiger partial charge is 0.481 e. The molecule has 0 aromatic heterocycles. The number of nitrogens with zero attached hydrogens (tertiary/aromatic N) is 2. The third-order valence-electron chi connectivity index (χ3n) is 9.59. The number of carbonyl (C=O) groups excluding carboxylic acids is 2. The van der Waals surface area contributed by atoms with E-state index in [0.717, 1.165) is 35.1 Å². The maximum Gasteiger partial charge on any atom is 0.308 e. The van der Waals surface area contributed by atoms with Gasteiger partial charge in [0.25, 0.3) is 0 Å². The van der Waals surface area contributed by atoms with E-state index in [1.54, 1.807) is 9.80 Å². The van der Waals surface area contributed by atoms with Crippen molar-refractivity contribution >= 4 is 23.8 Å². The van der Waals surface area contributed by atoms with E-state index in [1.165, 1.54) is 11.1 Å². The number of aliphatic carboxylic acids is 2. The summed E-state index contributed by atoms with van der Waals surface area (Å²) in [5, 5.41) is 20.7. The van der Waals surface area contributed by atoms with Crippen LogP contribution in [0.15, 0.2) is 109 Å². The highest BCUT2D eigenvalue weighted by molar-refractivity contribution is 5.99. The molecule has 0 aliphatic heterocycles. The summed E-state index contributed by atoms with van der Waals surface area (Å²) in [6.07, 6.45) is 2.75. The van der Waals surface area contributed by atoms with Crippen molar-refractivity contribution in [2.75, 3.05) is 13.1 Å². The van der Waals surface area contributed by atoms with Crippen LogP contribution in [-0.4, -0.2) is 56.9 Å². The van der Waals surface area contributed by atoms with Crippen LogP contribution < -0.4 is 0 Å². The first-order chi connectivity index (χ1) is 24.2. The number of hydrogen-bond acceptors (Lipinski definition) is 4. The van der Waals surface area contributed by atoms with Gasteiger partial charge in [-0.2, -0.15) is 0 Å². The molecule has 0 radical (unpaired) electrons. The summed E-state index contributed by atoms with van der Waals surface area (Å²) in [6.45, 7) is 4.93. The van der Waals surface area contributed by atoms with Crippen LogP contribution >= 0.6 is 0 Å². The average molecular weight is 675 g/mol. The first kappa shape index (κ1) is 36.1. The van der Waals surface area contributed by atoms with Crippen molar-refractivity contribution in [2.24, 2.45) is 23.7 Å². The summed E-state index contributed by atoms with van der Waals surface area (Å²) in [6, 6.07) is 36.0. The smallest absolute Gasteiger partial charge is 0.308 e. The summed E-state index contributed by atoms with van der Waals surface area (Å²) >= 11 is 0. The lowest BCUT2D eigenvalue weighted by Crippen LogP contribution is -2.64. The molecule has 8 nitrogen and oxygen atoms in total. The van der Waals surface area contributed by atoms with E-state index in [0.29, 0.717) is 25.9 Å². The average Bonchev–Trinajstić information content (AvgIpc) is 3.09. The Bertz CT molecular complexity index is 1600. The molecule has 50 heavy (non-hydrogen) atoms. The Balaban J connectivity index is 1.31. The van der Waals surface area contributed by atoms with Crippen LogP contribution in [0.2, 0.25) is 0 Å². The second-order valence-corrected chi connectivity index (χ2v) is 13.3. The van der Waals surface area contributed by atoms with Crippen molar-refractivity contribution in [2.45, 2.75) is 52.6 Å². The monoisotopic (exact) mass is 674 g/mol. The Morgan fingerprint density at radius 3 is 1.06 bits per heavy atom. The molecule has 0 unspecified atom stereocenters. The van der Waals surface area contributed by atoms with Crippen molar-refractivity contribution in [3.8, 4) is 0 Å². The lowest BCUT2D eigenvalue weighted by atomic mass is 9.55. The molecule has 4 aromatic rings. The SMILES string of the molecule is CCCN(Cc1ccc(Cc2ccccc2)cc1)C(=O)[C@H]1[C@H](C(=O)O)[C@H](C(=O)N(CCC)Cc2ccc(Cc3ccccc3)cc2)[C@H]1C(=O)O. The zero-order chi connectivity index (χ0) is 35.6. The molecule has 1 saturated carbocycles. The number of hydrogen-bond donors (Lipinski definition) is 2. The zero-order valence-electron chi connectivity index (χ0n) is 28.8. The third kappa shape index (κ3) is 8.67. The van der Waals surface area contributed by atoms with Gasteiger partial charge in [0.2, 0.25) is 11.8 Å². The number of carboxylic acids is 2. The standard InChI is InChI=1S/C42H46N2O6/c1-3-23-43(27-33-19-15-31(16-20-33)25-29-11-7-5-8-12-29)39(45)35-37(41(47)48)36(38(35)42(49)50)40(46)44(24-4-2)28-34-21-17-32(18-22-34)26-30-13-9-6-10-14-30/h5-22,35-38H,3-4,23-28H2,1-2H3,(H,47,48)(H,49,50)/t35-,36-,37-,38-. The van der Waals surface area contributed by atoms with E-state index in [1.807, 2.05) is 98.8 Å². The van der Waals surface area contributed by atoms with E-state index < -0.39 is 47.4 Å². The summed E-state index contributed by atoms with van der Waals surface area (Å²) in [5.41, 5.74) is 6.32. The summed E-state index contributed by atoms with van der Waals surface area (Å²) in [4.78, 5) is 56.6. The van der Waals surface area contributed by atoms with E-state index in [-0.39, 0.29) is 13.1 Å². The maximum absolute atomic E-state index is 14.0. The molecule has 0 saturated heterocycles. The molecular weight excluding hydrogens is 628 g/mol. The molecule has 1 aliphatic rings. The van der Waals surface area contributed by atoms with Crippen molar-refractivity contribution < 1.29 is 29.4 Å². The maximum atomic E-state index is 14.0. The molecule has 0 heterocycles. The zero-order valence-corrected chi connectivity index (χ0v) is 28.8. The molecule has 1 aliphatic carbocycles. The van der Waals surface area contributed by atoms with E-state index >= 15 is 0 Å². The highest BCUT2D eigenvalue weighted by atomic mass is 16.4. The second-order valence-electron chi connectivity index (χ2n) is 13.3. The summed E-state index contributed by atoms with van der Waals surface area (Å²) in [5.74, 6) is -9.30. The second kappa shape index (κ2) is 16.9. The molecule has 0 atom stereocenters. The molecule has 260 valence electrons. The van der Waals surface area contributed by atoms with Crippen molar-refractivity contribution in [3.05, 3.63) is 143 Å². The van der Waals surface area contributed by atoms with Gasteiger partial charge in [-0.15, -0.1) is 0 Å². The van der Waals surface area contributed by atoms with Crippen LogP contribution in [0.5, 0.6) is 0 Å². The summed E-state index contributed by atoms with van der Waals surface area (Å²) in [7, 11) is 0. The Morgan fingerprint density at radius 2 is 0.760 bits per heavy atom. The Kier molecular flexibility index (Phi) is 12.2. The van der Waals surface area contributed by atoms with Gasteiger partial charge in [0.15, 0.2) is 0 Å². The van der Waals surface area contributed by atoms with Gasteiger partial charge in [-0.1, -0.05) is 123 Å². The molecule has 5 rings (SSSR count). The van der Waals surface area contributed by atoms with Crippen LogP contribution in [0.4, 0.5) is 0 Å². The topological polar surface area (TPSA) is 115 Å². The van der Waals surface area contributed by atoms with Crippen LogP contribution in [0.1, 0.15) is 60.1 Å². The van der Waals surface area contributed by atoms with Crippen molar-refractivity contribution in [1.29, 1.82) is 0 Å². The quantitative estimate of drug-likeness (QED) is 0.137. The summed E-state index contributed by atoms with van der Waals surface area (Å²) < 4.78 is 0. The van der Waals surface area contributed by atoms with Gasteiger partial charge in [0, 0.05) is 26.2 Å². The lowest BCUT2D eigenvalue weighted by Gasteiger charge is -2.48. The predicted molar refractivity (Wildman–Crippen MR) is 192 cm³/mol. The first-order valence-corrected chi connectivity index (χ1v) is 17.5. The van der Waals surface area contributed by atoms with E-state index in [4.69, 9.17) is 0 Å². The van der Waals surface area contributed by atoms with Gasteiger partial charge in [0.1, 0.15) is 0 Å². The van der Waals surface area contributed by atoms with Crippen molar-refractivity contribution in [1.82, 2.24) is 9.80 Å². The highest BCUT2D eigenvalue weighted by Gasteiger charge is 2.64. The molecule has 1 fully saturated rings. The number of benzene rings is 4. The van der Waals surface area contributed by atoms with Crippen LogP contribution in [0.25, 0.3) is 0 Å². The highest BCUT2D eigenvalue weighted by Crippen LogP contribution is 2.49. The molecule has 2 amide bonds. The Morgan fingerprint density at radius 1 is 0.460 bits per heavy atom. The number of carboxylic acid groups (broad SMARTS) is 2. The number of carbonyl (C=O) groups is 4. The molecule has 0 spiro atoms. The molecule has 0 bridgehead atoms. The Labute approximate surface area is 294 Å².